The van der Waals surface area contributed by atoms with E-state index in [0.717, 1.165) is 12.8 Å². The Hall–Kier alpha value is -1.34. The summed E-state index contributed by atoms with van der Waals surface area (Å²) >= 11 is 0. The van der Waals surface area contributed by atoms with Crippen LogP contribution in [0.25, 0.3) is 0 Å². The van der Waals surface area contributed by atoms with E-state index in [1.807, 2.05) is 6.92 Å². The van der Waals surface area contributed by atoms with Gasteiger partial charge in [0.25, 0.3) is 0 Å². The highest BCUT2D eigenvalue weighted by Crippen LogP contribution is 2.16. The minimum absolute atomic E-state index is 0.0884. The summed E-state index contributed by atoms with van der Waals surface area (Å²) in [4.78, 5) is 26.6. The van der Waals surface area contributed by atoms with Crippen molar-refractivity contribution in [2.45, 2.75) is 32.0 Å². The molecule has 2 fully saturated rings. The van der Waals surface area contributed by atoms with Gasteiger partial charge in [0, 0.05) is 26.2 Å². The van der Waals surface area contributed by atoms with Crippen molar-refractivity contribution in [2.24, 2.45) is 0 Å². The molecular weight excluding hydrogens is 264 g/mol. The molecule has 0 radical (unpaired) electrons. The summed E-state index contributed by atoms with van der Waals surface area (Å²) in [6.45, 7) is 4.85. The number of carboxylic acid groups (broad SMARTS) is 1. The fourth-order valence-corrected chi connectivity index (χ4v) is 2.62. The molecule has 2 rings (SSSR count). The van der Waals surface area contributed by atoms with Crippen molar-refractivity contribution >= 4 is 12.0 Å². The Balaban J connectivity index is 1.84. The molecule has 1 unspecified atom stereocenters. The number of hydrogen-bond donors (Lipinski definition) is 1. The number of hydrogen-bond acceptors (Lipinski definition) is 4. The minimum atomic E-state index is -1.02. The second-order valence-electron chi connectivity index (χ2n) is 5.07. The van der Waals surface area contributed by atoms with E-state index < -0.39 is 12.1 Å². The molecule has 2 saturated heterocycles. The van der Waals surface area contributed by atoms with Gasteiger partial charge in [-0.1, -0.05) is 0 Å². The molecule has 1 atom stereocenters. The topological polar surface area (TPSA) is 79.3 Å². The molecule has 0 spiro atoms. The number of morpholine rings is 1. The third kappa shape index (κ3) is 3.61. The zero-order chi connectivity index (χ0) is 14.5. The van der Waals surface area contributed by atoms with E-state index in [4.69, 9.17) is 14.6 Å². The van der Waals surface area contributed by atoms with E-state index >= 15 is 0 Å². The summed E-state index contributed by atoms with van der Waals surface area (Å²) in [7, 11) is 0. The molecule has 114 valence electrons. The van der Waals surface area contributed by atoms with Crippen molar-refractivity contribution in [1.82, 2.24) is 9.80 Å². The van der Waals surface area contributed by atoms with Crippen molar-refractivity contribution < 1.29 is 24.2 Å². The molecule has 0 bridgehead atoms. The molecule has 0 aromatic rings. The summed E-state index contributed by atoms with van der Waals surface area (Å²) in [5.41, 5.74) is 0. The average Bonchev–Trinajstić information content (AvgIpc) is 2.48. The van der Waals surface area contributed by atoms with Gasteiger partial charge in [-0.05, 0) is 19.8 Å². The summed E-state index contributed by atoms with van der Waals surface area (Å²) < 4.78 is 10.7. The van der Waals surface area contributed by atoms with Crippen LogP contribution in [0.3, 0.4) is 0 Å². The molecule has 0 aromatic heterocycles. The second-order valence-corrected chi connectivity index (χ2v) is 5.07. The van der Waals surface area contributed by atoms with Gasteiger partial charge < -0.3 is 24.4 Å². The smallest absolute Gasteiger partial charge is 0.334 e. The Morgan fingerprint density at radius 2 is 1.95 bits per heavy atom. The van der Waals surface area contributed by atoms with Crippen LogP contribution >= 0.6 is 0 Å². The maximum atomic E-state index is 12.3. The highest BCUT2D eigenvalue weighted by molar-refractivity contribution is 5.77. The fraction of sp³-hybridized carbons (Fsp3) is 0.846. The fourth-order valence-electron chi connectivity index (χ4n) is 2.62. The molecule has 1 N–H and O–H groups in total. The zero-order valence-electron chi connectivity index (χ0n) is 11.8. The van der Waals surface area contributed by atoms with Gasteiger partial charge >= 0.3 is 12.0 Å². The van der Waals surface area contributed by atoms with Gasteiger partial charge in [-0.2, -0.15) is 0 Å². The van der Waals surface area contributed by atoms with Crippen LogP contribution in [0.4, 0.5) is 4.79 Å². The third-order valence-electron chi connectivity index (χ3n) is 3.73. The number of aliphatic carboxylic acids is 1. The first-order valence-electron chi connectivity index (χ1n) is 7.11. The number of amides is 2. The predicted octanol–water partition coefficient (Wildman–Crippen LogP) is 0.393. The van der Waals surface area contributed by atoms with Crippen molar-refractivity contribution in [2.75, 3.05) is 39.4 Å². The van der Waals surface area contributed by atoms with Crippen molar-refractivity contribution in [3.05, 3.63) is 0 Å². The van der Waals surface area contributed by atoms with Crippen molar-refractivity contribution in [3.8, 4) is 0 Å². The first kappa shape index (κ1) is 15.1. The largest absolute Gasteiger partial charge is 0.479 e. The van der Waals surface area contributed by atoms with Crippen LogP contribution in [0, 0.1) is 0 Å². The molecule has 7 heteroatoms. The summed E-state index contributed by atoms with van der Waals surface area (Å²) in [5.74, 6) is -1.02. The standard InChI is InChI=1S/C13H22N2O5/c1-2-19-10-3-5-14(6-4-10)13(18)15-7-8-20-11(9-15)12(16)17/h10-11H,2-9H2,1H3,(H,16,17). The van der Waals surface area contributed by atoms with E-state index in [-0.39, 0.29) is 25.3 Å². The van der Waals surface area contributed by atoms with Gasteiger partial charge in [-0.25, -0.2) is 9.59 Å². The lowest BCUT2D eigenvalue weighted by Crippen LogP contribution is -2.54. The van der Waals surface area contributed by atoms with Crippen molar-refractivity contribution in [1.29, 1.82) is 0 Å². The van der Waals surface area contributed by atoms with E-state index in [0.29, 0.717) is 26.2 Å². The third-order valence-corrected chi connectivity index (χ3v) is 3.73. The number of rotatable bonds is 3. The van der Waals surface area contributed by atoms with Gasteiger partial charge in [0.05, 0.1) is 19.3 Å². The molecule has 2 aliphatic heterocycles. The second kappa shape index (κ2) is 6.90. The number of urea groups is 1. The maximum Gasteiger partial charge on any atom is 0.334 e. The van der Waals surface area contributed by atoms with Crippen LogP contribution in [-0.2, 0) is 14.3 Å². The van der Waals surface area contributed by atoms with Gasteiger partial charge in [0.1, 0.15) is 0 Å². The lowest BCUT2D eigenvalue weighted by atomic mass is 10.1. The van der Waals surface area contributed by atoms with Crippen LogP contribution in [0.15, 0.2) is 0 Å². The Kier molecular flexibility index (Phi) is 5.19. The Morgan fingerprint density at radius 3 is 2.55 bits per heavy atom. The van der Waals surface area contributed by atoms with E-state index in [1.165, 1.54) is 0 Å². The number of nitrogens with zero attached hydrogens (tertiary/aromatic N) is 2. The molecule has 2 amide bonds. The Morgan fingerprint density at radius 1 is 1.25 bits per heavy atom. The van der Waals surface area contributed by atoms with E-state index in [9.17, 15) is 9.59 Å². The molecule has 2 aliphatic rings. The molecule has 0 aliphatic carbocycles. The van der Waals surface area contributed by atoms with E-state index in [1.54, 1.807) is 9.80 Å². The number of carbonyl (C=O) groups excluding carboxylic acids is 1. The van der Waals surface area contributed by atoms with Gasteiger partial charge in [-0.15, -0.1) is 0 Å². The maximum absolute atomic E-state index is 12.3. The quantitative estimate of drug-likeness (QED) is 0.812. The molecule has 7 nitrogen and oxygen atoms in total. The van der Waals surface area contributed by atoms with Crippen LogP contribution in [0.1, 0.15) is 19.8 Å². The number of piperidine rings is 1. The first-order valence-corrected chi connectivity index (χ1v) is 7.11. The van der Waals surface area contributed by atoms with Crippen LogP contribution in [0.2, 0.25) is 0 Å². The van der Waals surface area contributed by atoms with Crippen LogP contribution in [0.5, 0.6) is 0 Å². The van der Waals surface area contributed by atoms with Crippen LogP contribution in [-0.4, -0.2) is 78.5 Å². The number of ether oxygens (including phenoxy) is 2. The summed E-state index contributed by atoms with van der Waals surface area (Å²) in [6, 6.07) is -0.0884. The molecule has 0 saturated carbocycles. The number of likely N-dealkylation sites (tertiary alicyclic amines) is 1. The number of carboxylic acids is 1. The number of carbonyl (C=O) groups is 2. The summed E-state index contributed by atoms with van der Waals surface area (Å²) in [6.07, 6.45) is 1.01. The Labute approximate surface area is 118 Å². The zero-order valence-corrected chi connectivity index (χ0v) is 11.8. The normalized spacial score (nSPS) is 24.8. The highest BCUT2D eigenvalue weighted by atomic mass is 16.5. The molecule has 0 aromatic carbocycles. The minimum Gasteiger partial charge on any atom is -0.479 e. The predicted molar refractivity (Wildman–Crippen MR) is 70.6 cm³/mol. The first-order chi connectivity index (χ1) is 9.61. The van der Waals surface area contributed by atoms with Crippen LogP contribution < -0.4 is 0 Å². The lowest BCUT2D eigenvalue weighted by Gasteiger charge is -2.38. The Bertz CT molecular complexity index is 355. The lowest BCUT2D eigenvalue weighted by molar-refractivity contribution is -0.154. The van der Waals surface area contributed by atoms with Crippen molar-refractivity contribution in [3.63, 3.8) is 0 Å². The molecule has 2 heterocycles. The SMILES string of the molecule is CCOC1CCN(C(=O)N2CCOC(C(=O)O)C2)CC1. The monoisotopic (exact) mass is 286 g/mol. The van der Waals surface area contributed by atoms with Gasteiger partial charge in [-0.3, -0.25) is 0 Å². The van der Waals surface area contributed by atoms with E-state index in [2.05, 4.69) is 0 Å². The highest BCUT2D eigenvalue weighted by Gasteiger charge is 2.32. The molecule has 20 heavy (non-hydrogen) atoms. The summed E-state index contributed by atoms with van der Waals surface area (Å²) in [5, 5.41) is 8.95. The van der Waals surface area contributed by atoms with Gasteiger partial charge in [0.2, 0.25) is 0 Å². The average molecular weight is 286 g/mol. The molecular formula is C13H22N2O5. The van der Waals surface area contributed by atoms with Gasteiger partial charge in [0.15, 0.2) is 6.10 Å².